The van der Waals surface area contributed by atoms with Crippen molar-refractivity contribution in [1.29, 1.82) is 0 Å². The Hall–Kier alpha value is -3.21. The molecule has 27 heavy (non-hydrogen) atoms. The minimum Gasteiger partial charge on any atom is -0.298 e. The van der Waals surface area contributed by atoms with Crippen LogP contribution in [0.2, 0.25) is 0 Å². The first kappa shape index (κ1) is 17.2. The number of hydrogen-bond acceptors (Lipinski definition) is 3. The van der Waals surface area contributed by atoms with Crippen LogP contribution >= 0.6 is 0 Å². The van der Waals surface area contributed by atoms with Gasteiger partial charge >= 0.3 is 0 Å². The molecule has 4 rings (SSSR count). The third-order valence-corrected chi connectivity index (χ3v) is 4.79. The van der Waals surface area contributed by atoms with Crippen LogP contribution in [-0.4, -0.2) is 9.78 Å². The summed E-state index contributed by atoms with van der Waals surface area (Å²) < 4.78 is 2.00. The molecule has 0 amide bonds. The van der Waals surface area contributed by atoms with Crippen molar-refractivity contribution in [2.24, 2.45) is 5.90 Å². The molecule has 1 aromatic heterocycles. The van der Waals surface area contributed by atoms with E-state index in [1.165, 1.54) is 0 Å². The second-order valence-corrected chi connectivity index (χ2v) is 6.37. The predicted octanol–water partition coefficient (Wildman–Crippen LogP) is 4.11. The van der Waals surface area contributed by atoms with E-state index >= 15 is 0 Å². The minimum atomic E-state index is -0.601. The van der Waals surface area contributed by atoms with Gasteiger partial charge in [-0.05, 0) is 22.8 Å². The monoisotopic (exact) mass is 355 g/mol. The molecule has 0 spiro atoms. The van der Waals surface area contributed by atoms with E-state index in [0.29, 0.717) is 0 Å². The fourth-order valence-electron chi connectivity index (χ4n) is 3.65. The number of aromatic nitrogens is 2. The van der Waals surface area contributed by atoms with Crippen LogP contribution in [0.3, 0.4) is 0 Å². The number of rotatable bonds is 6. The first-order valence-corrected chi connectivity index (χ1v) is 8.89. The number of benzene rings is 3. The lowest BCUT2D eigenvalue weighted by Gasteiger charge is -2.36. The third-order valence-electron chi connectivity index (χ3n) is 4.79. The lowest BCUT2D eigenvalue weighted by molar-refractivity contribution is 0.120. The van der Waals surface area contributed by atoms with Gasteiger partial charge in [0.15, 0.2) is 0 Å². The highest BCUT2D eigenvalue weighted by molar-refractivity contribution is 5.50. The largest absolute Gasteiger partial charge is 0.298 e. The van der Waals surface area contributed by atoms with Crippen LogP contribution in [0.25, 0.3) is 0 Å². The standard InChI is InChI=1S/C23H21N3O/c24-27-18-22-16-17-26(25-22)23(19-10-4-1-5-11-19,20-12-6-2-7-13-20)21-14-8-3-9-15-21/h1-17H,18,24H2. The van der Waals surface area contributed by atoms with Crippen LogP contribution < -0.4 is 5.90 Å². The molecule has 0 aliphatic heterocycles. The number of nitrogens with zero attached hydrogens (tertiary/aromatic N) is 2. The van der Waals surface area contributed by atoms with Crippen LogP contribution in [0, 0.1) is 0 Å². The summed E-state index contributed by atoms with van der Waals surface area (Å²) in [5.41, 5.74) is 3.57. The number of nitrogens with two attached hydrogens (primary N) is 1. The van der Waals surface area contributed by atoms with E-state index in [4.69, 9.17) is 15.8 Å². The summed E-state index contributed by atoms with van der Waals surface area (Å²) in [4.78, 5) is 4.80. The zero-order valence-corrected chi connectivity index (χ0v) is 14.9. The third kappa shape index (κ3) is 3.05. The van der Waals surface area contributed by atoms with Gasteiger partial charge in [-0.25, -0.2) is 5.90 Å². The zero-order chi connectivity index (χ0) is 18.5. The topological polar surface area (TPSA) is 53.1 Å². The molecule has 0 aliphatic rings. The summed E-state index contributed by atoms with van der Waals surface area (Å²) in [6.45, 7) is 0.265. The SMILES string of the molecule is NOCc1ccn(C(c2ccccc2)(c2ccccc2)c2ccccc2)n1. The van der Waals surface area contributed by atoms with Gasteiger partial charge in [0.25, 0.3) is 0 Å². The van der Waals surface area contributed by atoms with Gasteiger partial charge in [0, 0.05) is 6.20 Å². The second kappa shape index (κ2) is 7.58. The quantitative estimate of drug-likeness (QED) is 0.418. The van der Waals surface area contributed by atoms with Gasteiger partial charge in [0.2, 0.25) is 0 Å². The lowest BCUT2D eigenvalue weighted by Crippen LogP contribution is -2.38. The Labute approximate surface area is 158 Å². The molecular formula is C23H21N3O. The van der Waals surface area contributed by atoms with Gasteiger partial charge in [0.1, 0.15) is 12.1 Å². The molecule has 1 heterocycles. The Morgan fingerprint density at radius 1 is 0.704 bits per heavy atom. The molecule has 0 saturated heterocycles. The van der Waals surface area contributed by atoms with Crippen molar-refractivity contribution < 1.29 is 4.84 Å². The first-order valence-electron chi connectivity index (χ1n) is 8.89. The van der Waals surface area contributed by atoms with Crippen LogP contribution in [0.15, 0.2) is 103 Å². The van der Waals surface area contributed by atoms with Gasteiger partial charge in [-0.15, -0.1) is 0 Å². The van der Waals surface area contributed by atoms with Crippen molar-refractivity contribution in [2.45, 2.75) is 12.1 Å². The van der Waals surface area contributed by atoms with Gasteiger partial charge in [-0.2, -0.15) is 5.10 Å². The van der Waals surface area contributed by atoms with Crippen LogP contribution in [0.4, 0.5) is 0 Å². The molecule has 0 atom stereocenters. The van der Waals surface area contributed by atoms with Gasteiger partial charge in [0.05, 0.1) is 5.69 Å². The van der Waals surface area contributed by atoms with Crippen molar-refractivity contribution >= 4 is 0 Å². The molecule has 0 unspecified atom stereocenters. The molecule has 0 radical (unpaired) electrons. The zero-order valence-electron chi connectivity index (χ0n) is 14.9. The average molecular weight is 355 g/mol. The maximum Gasteiger partial charge on any atom is 0.138 e. The van der Waals surface area contributed by atoms with E-state index in [0.717, 1.165) is 22.4 Å². The van der Waals surface area contributed by atoms with Gasteiger partial charge in [-0.3, -0.25) is 9.52 Å². The highest BCUT2D eigenvalue weighted by atomic mass is 16.6. The molecule has 4 aromatic rings. The number of hydrogen-bond donors (Lipinski definition) is 1. The highest BCUT2D eigenvalue weighted by Gasteiger charge is 2.39. The Balaban J connectivity index is 2.06. The molecule has 0 saturated carbocycles. The molecule has 4 heteroatoms. The smallest absolute Gasteiger partial charge is 0.138 e. The maximum atomic E-state index is 5.26. The van der Waals surface area contributed by atoms with Crippen LogP contribution in [0.1, 0.15) is 22.4 Å². The summed E-state index contributed by atoms with van der Waals surface area (Å²) in [6, 6.07) is 33.2. The Morgan fingerprint density at radius 3 is 1.56 bits per heavy atom. The molecule has 3 aromatic carbocycles. The van der Waals surface area contributed by atoms with E-state index in [9.17, 15) is 0 Å². The van der Waals surface area contributed by atoms with Crippen molar-refractivity contribution in [3.05, 3.63) is 126 Å². The average Bonchev–Trinajstić information content (AvgIpc) is 3.20. The Kier molecular flexibility index (Phi) is 4.83. The molecule has 0 fully saturated rings. The van der Waals surface area contributed by atoms with E-state index in [1.54, 1.807) is 0 Å². The van der Waals surface area contributed by atoms with E-state index < -0.39 is 5.54 Å². The highest BCUT2D eigenvalue weighted by Crippen LogP contribution is 2.40. The summed E-state index contributed by atoms with van der Waals surface area (Å²) in [7, 11) is 0. The van der Waals surface area contributed by atoms with Crippen molar-refractivity contribution in [1.82, 2.24) is 9.78 Å². The fraction of sp³-hybridized carbons (Fsp3) is 0.0870. The predicted molar refractivity (Wildman–Crippen MR) is 106 cm³/mol. The molecule has 0 aliphatic carbocycles. The maximum absolute atomic E-state index is 5.26. The molecular weight excluding hydrogens is 334 g/mol. The summed E-state index contributed by atoms with van der Waals surface area (Å²) >= 11 is 0. The van der Waals surface area contributed by atoms with Crippen LogP contribution in [0.5, 0.6) is 0 Å². The fourth-order valence-corrected chi connectivity index (χ4v) is 3.65. The van der Waals surface area contributed by atoms with E-state index in [2.05, 4.69) is 72.8 Å². The first-order chi connectivity index (χ1) is 13.4. The summed E-state index contributed by atoms with van der Waals surface area (Å²) in [5, 5.41) is 4.81. The normalized spacial score (nSPS) is 11.4. The van der Waals surface area contributed by atoms with Crippen molar-refractivity contribution in [3.8, 4) is 0 Å². The molecule has 2 N–H and O–H groups in total. The van der Waals surface area contributed by atoms with Crippen molar-refractivity contribution in [2.75, 3.05) is 0 Å². The molecule has 134 valence electrons. The molecule has 4 nitrogen and oxygen atoms in total. The Bertz CT molecular complexity index is 885. The van der Waals surface area contributed by atoms with E-state index in [1.807, 2.05) is 35.1 Å². The Morgan fingerprint density at radius 2 is 1.15 bits per heavy atom. The van der Waals surface area contributed by atoms with E-state index in [-0.39, 0.29) is 6.61 Å². The van der Waals surface area contributed by atoms with Gasteiger partial charge in [-0.1, -0.05) is 91.0 Å². The minimum absolute atomic E-state index is 0.265. The molecule has 0 bridgehead atoms. The second-order valence-electron chi connectivity index (χ2n) is 6.37. The van der Waals surface area contributed by atoms with Crippen molar-refractivity contribution in [3.63, 3.8) is 0 Å². The summed E-state index contributed by atoms with van der Waals surface area (Å²) in [5.74, 6) is 5.26. The van der Waals surface area contributed by atoms with Gasteiger partial charge < -0.3 is 0 Å². The lowest BCUT2D eigenvalue weighted by atomic mass is 9.77. The van der Waals surface area contributed by atoms with Crippen LogP contribution in [-0.2, 0) is 17.0 Å². The summed E-state index contributed by atoms with van der Waals surface area (Å²) in [6.07, 6.45) is 1.99.